The van der Waals surface area contributed by atoms with Crippen LogP contribution in [0.25, 0.3) is 0 Å². The van der Waals surface area contributed by atoms with E-state index in [0.717, 1.165) is 37.7 Å². The van der Waals surface area contributed by atoms with Crippen LogP contribution in [0.2, 0.25) is 0 Å². The Labute approximate surface area is 132 Å². The summed E-state index contributed by atoms with van der Waals surface area (Å²) < 4.78 is 15.1. The van der Waals surface area contributed by atoms with Gasteiger partial charge in [0.1, 0.15) is 12.0 Å². The quantitative estimate of drug-likeness (QED) is 0.691. The van der Waals surface area contributed by atoms with Crippen LogP contribution in [0.4, 0.5) is 4.39 Å². The second kappa shape index (κ2) is 4.66. The Morgan fingerprint density at radius 1 is 1.14 bits per heavy atom. The molecule has 2 nitrogen and oxygen atoms in total. The largest absolute Gasteiger partial charge is 0.393 e. The molecule has 4 rings (SSSR count). The van der Waals surface area contributed by atoms with Crippen LogP contribution < -0.4 is 0 Å². The molecule has 0 radical (unpaired) electrons. The van der Waals surface area contributed by atoms with Crippen molar-refractivity contribution in [3.63, 3.8) is 0 Å². The molecule has 0 aromatic heterocycles. The van der Waals surface area contributed by atoms with Crippen LogP contribution in [0.5, 0.6) is 0 Å². The minimum Gasteiger partial charge on any atom is -0.393 e. The first-order valence-electron chi connectivity index (χ1n) is 8.93. The number of Topliss-reactive ketones (excluding diaryl/α,β-unsaturated/α-hetero) is 1. The van der Waals surface area contributed by atoms with Gasteiger partial charge >= 0.3 is 0 Å². The van der Waals surface area contributed by atoms with E-state index in [1.807, 2.05) is 6.08 Å². The van der Waals surface area contributed by atoms with E-state index < -0.39 is 6.17 Å². The minimum absolute atomic E-state index is 0.00851. The van der Waals surface area contributed by atoms with E-state index in [-0.39, 0.29) is 28.8 Å². The molecule has 0 bridgehead atoms. The lowest BCUT2D eigenvalue weighted by molar-refractivity contribution is -0.133. The molecule has 3 fully saturated rings. The number of ketones is 1. The molecule has 4 aliphatic rings. The number of alkyl halides is 1. The van der Waals surface area contributed by atoms with Crippen molar-refractivity contribution in [3.8, 4) is 0 Å². The first-order valence-corrected chi connectivity index (χ1v) is 8.93. The third-order valence-corrected chi connectivity index (χ3v) is 7.77. The SMILES string of the molecule is C[C@]12CCC(O)CC1=CC(F)[C@@H]1[C@H]2CC[C@]2(C)C(=O)CC[C@@H]12. The van der Waals surface area contributed by atoms with E-state index in [9.17, 15) is 9.90 Å². The second-order valence-corrected chi connectivity index (χ2v) is 8.66. The highest BCUT2D eigenvalue weighted by Gasteiger charge is 2.61. The highest BCUT2D eigenvalue weighted by atomic mass is 19.1. The zero-order valence-corrected chi connectivity index (χ0v) is 13.6. The summed E-state index contributed by atoms with van der Waals surface area (Å²) in [5.41, 5.74) is 0.911. The number of hydrogen-bond acceptors (Lipinski definition) is 2. The number of aliphatic hydroxyl groups is 1. The molecular formula is C19H27FO2. The first-order chi connectivity index (χ1) is 10.4. The molecule has 1 N–H and O–H groups in total. The predicted octanol–water partition coefficient (Wildman–Crippen LogP) is 3.83. The third-order valence-electron chi connectivity index (χ3n) is 7.77. The van der Waals surface area contributed by atoms with Gasteiger partial charge in [-0.25, -0.2) is 4.39 Å². The Morgan fingerprint density at radius 3 is 2.59 bits per heavy atom. The topological polar surface area (TPSA) is 37.3 Å². The normalized spacial score (nSPS) is 54.3. The summed E-state index contributed by atoms with van der Waals surface area (Å²) in [6, 6.07) is 0. The van der Waals surface area contributed by atoms with Gasteiger partial charge in [-0.2, -0.15) is 0 Å². The first kappa shape index (κ1) is 14.9. The van der Waals surface area contributed by atoms with Crippen LogP contribution in [-0.2, 0) is 4.79 Å². The van der Waals surface area contributed by atoms with Gasteiger partial charge in [-0.15, -0.1) is 0 Å². The van der Waals surface area contributed by atoms with E-state index in [4.69, 9.17) is 0 Å². The molecule has 22 heavy (non-hydrogen) atoms. The summed E-state index contributed by atoms with van der Waals surface area (Å²) in [6.07, 6.45) is 6.42. The predicted molar refractivity (Wildman–Crippen MR) is 83.0 cm³/mol. The molecule has 4 aliphatic carbocycles. The van der Waals surface area contributed by atoms with Crippen molar-refractivity contribution in [2.45, 2.75) is 71.1 Å². The maximum atomic E-state index is 15.1. The maximum absolute atomic E-state index is 15.1. The van der Waals surface area contributed by atoms with Crippen LogP contribution in [-0.4, -0.2) is 23.2 Å². The molecule has 0 spiro atoms. The Balaban J connectivity index is 1.75. The minimum atomic E-state index is -0.936. The average Bonchev–Trinajstić information content (AvgIpc) is 2.77. The van der Waals surface area contributed by atoms with Gasteiger partial charge in [0.05, 0.1) is 6.10 Å². The number of carbonyl (C=O) groups is 1. The Bertz CT molecular complexity index is 542. The number of rotatable bonds is 0. The van der Waals surface area contributed by atoms with E-state index in [1.165, 1.54) is 0 Å². The zero-order chi connectivity index (χ0) is 15.7. The summed E-state index contributed by atoms with van der Waals surface area (Å²) in [5.74, 6) is 0.936. The van der Waals surface area contributed by atoms with Gasteiger partial charge in [-0.3, -0.25) is 4.79 Å². The number of halogens is 1. The molecule has 0 heterocycles. The van der Waals surface area contributed by atoms with Gasteiger partial charge in [0.25, 0.3) is 0 Å². The fraction of sp³-hybridized carbons (Fsp3) is 0.842. The lowest BCUT2D eigenvalue weighted by Gasteiger charge is -2.57. The standard InChI is InChI=1S/C19H27FO2/c1-18-7-5-12(21)9-11(18)10-15(20)17-13-3-4-16(22)19(13,2)8-6-14(17)18/h10,12-15,17,21H,3-9H2,1-2H3/t12?,13-,14+,15?,17-,18-,19-/m0/s1. The summed E-state index contributed by atoms with van der Waals surface area (Å²) >= 11 is 0. The number of hydrogen-bond donors (Lipinski definition) is 1. The summed E-state index contributed by atoms with van der Waals surface area (Å²) in [6.45, 7) is 4.37. The summed E-state index contributed by atoms with van der Waals surface area (Å²) in [4.78, 5) is 12.3. The van der Waals surface area contributed by atoms with Crippen molar-refractivity contribution < 1.29 is 14.3 Å². The molecule has 0 aromatic rings. The van der Waals surface area contributed by atoms with Crippen LogP contribution >= 0.6 is 0 Å². The molecule has 0 aliphatic heterocycles. The molecule has 3 heteroatoms. The van der Waals surface area contributed by atoms with Crippen molar-refractivity contribution in [1.29, 1.82) is 0 Å². The Kier molecular flexibility index (Phi) is 3.15. The maximum Gasteiger partial charge on any atom is 0.139 e. The number of allylic oxidation sites excluding steroid dienone is 1. The molecule has 0 aromatic carbocycles. The lowest BCUT2D eigenvalue weighted by atomic mass is 9.47. The molecule has 7 atom stereocenters. The lowest BCUT2D eigenvalue weighted by Crippen LogP contribution is -2.53. The van der Waals surface area contributed by atoms with Crippen LogP contribution in [0.15, 0.2) is 11.6 Å². The average molecular weight is 306 g/mol. The van der Waals surface area contributed by atoms with Gasteiger partial charge in [-0.05, 0) is 55.8 Å². The van der Waals surface area contributed by atoms with Crippen LogP contribution in [0.3, 0.4) is 0 Å². The monoisotopic (exact) mass is 306 g/mol. The highest BCUT2D eigenvalue weighted by Crippen LogP contribution is 2.64. The van der Waals surface area contributed by atoms with Gasteiger partial charge in [0.15, 0.2) is 0 Å². The number of fused-ring (bicyclic) bond motifs is 5. The summed E-state index contributed by atoms with van der Waals surface area (Å²) in [5, 5.41) is 9.96. The zero-order valence-electron chi connectivity index (χ0n) is 13.6. The molecule has 2 unspecified atom stereocenters. The molecule has 3 saturated carbocycles. The van der Waals surface area contributed by atoms with Crippen molar-refractivity contribution >= 4 is 5.78 Å². The van der Waals surface area contributed by atoms with E-state index in [0.29, 0.717) is 24.5 Å². The summed E-state index contributed by atoms with van der Waals surface area (Å²) in [7, 11) is 0. The van der Waals surface area contributed by atoms with E-state index in [2.05, 4.69) is 13.8 Å². The number of carbonyl (C=O) groups excluding carboxylic acids is 1. The molecule has 0 saturated heterocycles. The van der Waals surface area contributed by atoms with Crippen molar-refractivity contribution in [2.75, 3.05) is 0 Å². The Hall–Kier alpha value is -0.700. The fourth-order valence-corrected chi connectivity index (χ4v) is 6.36. The fourth-order valence-electron chi connectivity index (χ4n) is 6.36. The van der Waals surface area contributed by atoms with Gasteiger partial charge < -0.3 is 5.11 Å². The molecule has 0 amide bonds. The Morgan fingerprint density at radius 2 is 1.82 bits per heavy atom. The van der Waals surface area contributed by atoms with Crippen LogP contribution in [0, 0.1) is 28.6 Å². The van der Waals surface area contributed by atoms with E-state index in [1.54, 1.807) is 0 Å². The van der Waals surface area contributed by atoms with Crippen molar-refractivity contribution in [2.24, 2.45) is 28.6 Å². The van der Waals surface area contributed by atoms with Gasteiger partial charge in [0, 0.05) is 17.8 Å². The number of aliphatic hydroxyl groups excluding tert-OH is 1. The molecule has 122 valence electrons. The van der Waals surface area contributed by atoms with Gasteiger partial charge in [-0.1, -0.05) is 25.5 Å². The van der Waals surface area contributed by atoms with Crippen molar-refractivity contribution in [3.05, 3.63) is 11.6 Å². The smallest absolute Gasteiger partial charge is 0.139 e. The highest BCUT2D eigenvalue weighted by molar-refractivity contribution is 5.87. The second-order valence-electron chi connectivity index (χ2n) is 8.66. The van der Waals surface area contributed by atoms with Crippen LogP contribution in [0.1, 0.15) is 58.8 Å². The third kappa shape index (κ3) is 1.78. The van der Waals surface area contributed by atoms with Gasteiger partial charge in [0.2, 0.25) is 0 Å². The van der Waals surface area contributed by atoms with Crippen molar-refractivity contribution in [1.82, 2.24) is 0 Å². The molecular weight excluding hydrogens is 279 g/mol. The van der Waals surface area contributed by atoms with E-state index >= 15 is 4.39 Å².